The molecule has 5 rings (SSSR count). The Balaban J connectivity index is 1.51. The largest absolute Gasteiger partial charge is 0.376 e. The molecule has 1 spiro atoms. The summed E-state index contributed by atoms with van der Waals surface area (Å²) in [6.07, 6.45) is 3.47. The van der Waals surface area contributed by atoms with Crippen molar-refractivity contribution in [3.05, 3.63) is 32.2 Å². The summed E-state index contributed by atoms with van der Waals surface area (Å²) in [6, 6.07) is 1.80. The summed E-state index contributed by atoms with van der Waals surface area (Å²) in [7, 11) is 1.74. The molecule has 2 aliphatic heterocycles. The molecule has 2 fully saturated rings. The molecule has 3 N–H and O–H groups in total. The monoisotopic (exact) mass is 507 g/mol. The fraction of sp³-hybridized carbons (Fsp3) is 0.500. The van der Waals surface area contributed by atoms with Crippen molar-refractivity contribution < 1.29 is 4.74 Å². The van der Waals surface area contributed by atoms with Gasteiger partial charge in [0.2, 0.25) is 5.95 Å². The number of ether oxygens (including phenoxy) is 1. The first-order valence-corrected chi connectivity index (χ1v) is 11.4. The van der Waals surface area contributed by atoms with E-state index in [1.807, 2.05) is 6.92 Å². The number of nitrogens with one attached hydrogen (secondary N) is 1. The molecule has 0 unspecified atom stereocenters. The lowest BCUT2D eigenvalue weighted by Crippen LogP contribution is -2.51. The highest BCUT2D eigenvalue weighted by Gasteiger charge is 2.47. The second kappa shape index (κ2) is 7.54. The van der Waals surface area contributed by atoms with E-state index < -0.39 is 0 Å². The SMILES string of the molecule is C[C@@H]1OCC2(CCN(c3nc4[nH]nc(-c5ccnc(Cl)c5Br)c4c(=O)n3C)CC2)[C@@H]1N. The fourth-order valence-corrected chi connectivity index (χ4v) is 5.33. The lowest BCUT2D eigenvalue weighted by Gasteiger charge is -2.41. The Morgan fingerprint density at radius 2 is 2.13 bits per heavy atom. The number of hydrogen-bond acceptors (Lipinski definition) is 7. The van der Waals surface area contributed by atoms with Gasteiger partial charge in [-0.05, 0) is 41.8 Å². The summed E-state index contributed by atoms with van der Waals surface area (Å²) in [6.45, 7) is 4.27. The molecule has 9 nitrogen and oxygen atoms in total. The second-order valence-electron chi connectivity index (χ2n) is 8.43. The van der Waals surface area contributed by atoms with Crippen molar-refractivity contribution >= 4 is 44.5 Å². The van der Waals surface area contributed by atoms with E-state index in [1.165, 1.54) is 0 Å². The number of fused-ring (bicyclic) bond motifs is 1. The standard InChI is InChI=1S/C20H23BrClN7O2/c1-10-15(23)20(9-31-10)4-7-29(8-5-20)19-25-17-12(18(30)28(19)2)14(26-27-17)11-3-6-24-16(22)13(11)21/h3,6,10,15H,4-5,7-9,23H2,1-2H3,(H,26,27)/t10-,15+/m0/s1. The summed E-state index contributed by atoms with van der Waals surface area (Å²) >= 11 is 9.57. The van der Waals surface area contributed by atoms with E-state index in [0.717, 1.165) is 25.9 Å². The fourth-order valence-electron chi connectivity index (χ4n) is 4.75. The lowest BCUT2D eigenvalue weighted by molar-refractivity contribution is 0.0973. The third-order valence-corrected chi connectivity index (χ3v) is 8.09. The van der Waals surface area contributed by atoms with E-state index in [9.17, 15) is 4.79 Å². The predicted octanol–water partition coefficient (Wildman–Crippen LogP) is 2.47. The van der Waals surface area contributed by atoms with Crippen molar-refractivity contribution in [1.29, 1.82) is 0 Å². The van der Waals surface area contributed by atoms with Crippen LogP contribution in [0, 0.1) is 5.41 Å². The van der Waals surface area contributed by atoms with Crippen molar-refractivity contribution in [2.24, 2.45) is 18.2 Å². The molecule has 5 heterocycles. The van der Waals surface area contributed by atoms with E-state index in [4.69, 9.17) is 27.1 Å². The lowest BCUT2D eigenvalue weighted by atomic mass is 9.73. The first-order valence-electron chi connectivity index (χ1n) is 10.2. The number of aromatic nitrogens is 5. The zero-order valence-corrected chi connectivity index (χ0v) is 19.6. The van der Waals surface area contributed by atoms with Crippen LogP contribution in [0.4, 0.5) is 5.95 Å². The van der Waals surface area contributed by atoms with Gasteiger partial charge >= 0.3 is 0 Å². The van der Waals surface area contributed by atoms with Gasteiger partial charge in [0.05, 0.1) is 17.2 Å². The minimum Gasteiger partial charge on any atom is -0.376 e. The quantitative estimate of drug-likeness (QED) is 0.511. The van der Waals surface area contributed by atoms with E-state index in [2.05, 4.69) is 36.0 Å². The number of piperidine rings is 1. The van der Waals surface area contributed by atoms with Gasteiger partial charge in [0.25, 0.3) is 5.56 Å². The molecule has 2 aliphatic rings. The van der Waals surface area contributed by atoms with Crippen LogP contribution in [0.1, 0.15) is 19.8 Å². The normalized spacial score (nSPS) is 23.2. The van der Waals surface area contributed by atoms with Crippen LogP contribution in [-0.2, 0) is 11.8 Å². The minimum absolute atomic E-state index is 0.00688. The van der Waals surface area contributed by atoms with Crippen LogP contribution >= 0.6 is 27.5 Å². The maximum atomic E-state index is 13.3. The van der Waals surface area contributed by atoms with Crippen LogP contribution < -0.4 is 16.2 Å². The summed E-state index contributed by atoms with van der Waals surface area (Å²) < 4.78 is 7.99. The Kier molecular flexibility index (Phi) is 5.08. The molecule has 0 aliphatic carbocycles. The molecule has 0 aromatic carbocycles. The maximum absolute atomic E-state index is 13.3. The van der Waals surface area contributed by atoms with E-state index >= 15 is 0 Å². The first-order chi connectivity index (χ1) is 14.8. The zero-order valence-electron chi connectivity index (χ0n) is 17.2. The van der Waals surface area contributed by atoms with E-state index in [0.29, 0.717) is 44.5 Å². The molecule has 11 heteroatoms. The average Bonchev–Trinajstić information content (AvgIpc) is 3.31. The van der Waals surface area contributed by atoms with Crippen molar-refractivity contribution in [3.8, 4) is 11.3 Å². The highest BCUT2D eigenvalue weighted by atomic mass is 79.9. The van der Waals surface area contributed by atoms with Gasteiger partial charge in [0, 0.05) is 43.4 Å². The molecule has 3 aromatic heterocycles. The van der Waals surface area contributed by atoms with Crippen molar-refractivity contribution in [3.63, 3.8) is 0 Å². The molecule has 31 heavy (non-hydrogen) atoms. The smallest absolute Gasteiger partial charge is 0.266 e. The van der Waals surface area contributed by atoms with Gasteiger partial charge in [-0.25, -0.2) is 4.98 Å². The van der Waals surface area contributed by atoms with Crippen LogP contribution in [0.15, 0.2) is 21.5 Å². The molecular formula is C20H23BrClN7O2. The molecule has 0 radical (unpaired) electrons. The number of anilines is 1. The number of pyridine rings is 1. The molecule has 0 bridgehead atoms. The van der Waals surface area contributed by atoms with Gasteiger partial charge in [-0.1, -0.05) is 11.6 Å². The Morgan fingerprint density at radius 3 is 2.81 bits per heavy atom. The Morgan fingerprint density at radius 1 is 1.39 bits per heavy atom. The van der Waals surface area contributed by atoms with Crippen molar-refractivity contribution in [1.82, 2.24) is 24.7 Å². The topological polar surface area (TPSA) is 115 Å². The highest BCUT2D eigenvalue weighted by Crippen LogP contribution is 2.42. The van der Waals surface area contributed by atoms with Gasteiger partial charge in [0.1, 0.15) is 16.2 Å². The van der Waals surface area contributed by atoms with Crippen LogP contribution in [0.3, 0.4) is 0 Å². The van der Waals surface area contributed by atoms with Gasteiger partial charge in [-0.2, -0.15) is 10.1 Å². The summed E-state index contributed by atoms with van der Waals surface area (Å²) in [5.74, 6) is 0.620. The van der Waals surface area contributed by atoms with Crippen LogP contribution in [0.2, 0.25) is 5.15 Å². The third kappa shape index (κ3) is 3.19. The zero-order chi connectivity index (χ0) is 21.9. The third-order valence-electron chi connectivity index (χ3n) is 6.77. The van der Waals surface area contributed by atoms with Crippen LogP contribution in [-0.4, -0.2) is 56.6 Å². The number of halogens is 2. The molecule has 3 aromatic rings. The Hall–Kier alpha value is -2.01. The van der Waals surface area contributed by atoms with Gasteiger partial charge in [0.15, 0.2) is 5.65 Å². The number of H-pyrrole nitrogens is 1. The molecule has 0 amide bonds. The van der Waals surface area contributed by atoms with Gasteiger partial charge in [-0.15, -0.1) is 0 Å². The first kappa shape index (κ1) is 20.9. The minimum atomic E-state index is -0.168. The van der Waals surface area contributed by atoms with Gasteiger partial charge < -0.3 is 15.4 Å². The Bertz CT molecular complexity index is 1220. The van der Waals surface area contributed by atoms with E-state index in [1.54, 1.807) is 23.9 Å². The summed E-state index contributed by atoms with van der Waals surface area (Å²) in [5, 5.41) is 8.01. The highest BCUT2D eigenvalue weighted by molar-refractivity contribution is 9.10. The van der Waals surface area contributed by atoms with Gasteiger partial charge in [-0.3, -0.25) is 14.5 Å². The molecule has 164 valence electrons. The Labute approximate surface area is 192 Å². The maximum Gasteiger partial charge on any atom is 0.266 e. The molecule has 2 saturated heterocycles. The van der Waals surface area contributed by atoms with E-state index in [-0.39, 0.29) is 23.1 Å². The number of hydrogen-bond donors (Lipinski definition) is 2. The van der Waals surface area contributed by atoms with Crippen LogP contribution in [0.5, 0.6) is 0 Å². The number of rotatable bonds is 2. The van der Waals surface area contributed by atoms with Crippen LogP contribution in [0.25, 0.3) is 22.3 Å². The average molecular weight is 509 g/mol. The molecular weight excluding hydrogens is 486 g/mol. The summed E-state index contributed by atoms with van der Waals surface area (Å²) in [4.78, 5) is 24.3. The predicted molar refractivity (Wildman–Crippen MR) is 122 cm³/mol. The molecule has 2 atom stereocenters. The number of nitrogens with zero attached hydrogens (tertiary/aromatic N) is 5. The summed E-state index contributed by atoms with van der Waals surface area (Å²) in [5.41, 5.74) is 7.90. The number of aromatic amines is 1. The van der Waals surface area contributed by atoms with Crippen molar-refractivity contribution in [2.45, 2.75) is 31.9 Å². The second-order valence-corrected chi connectivity index (χ2v) is 9.58. The number of nitrogens with two attached hydrogens (primary N) is 1. The van der Waals surface area contributed by atoms with Crippen molar-refractivity contribution in [2.75, 3.05) is 24.6 Å². The molecule has 0 saturated carbocycles.